The summed E-state index contributed by atoms with van der Waals surface area (Å²) in [4.78, 5) is 9.03. The fourth-order valence-corrected chi connectivity index (χ4v) is 2.71. The fraction of sp³-hybridized carbons (Fsp3) is 0.308. The van der Waals surface area contributed by atoms with Crippen LogP contribution in [0, 0.1) is 0 Å². The highest BCUT2D eigenvalue weighted by Crippen LogP contribution is 2.22. The van der Waals surface area contributed by atoms with Crippen LogP contribution >= 0.6 is 11.6 Å². The van der Waals surface area contributed by atoms with Crippen LogP contribution in [0.5, 0.6) is 0 Å². The van der Waals surface area contributed by atoms with Crippen molar-refractivity contribution in [3.63, 3.8) is 0 Å². The first-order valence-electron chi connectivity index (χ1n) is 6.90. The number of rotatable bonds is 3. The molecule has 4 aromatic rings. The molecule has 22 heavy (non-hydrogen) atoms. The maximum absolute atomic E-state index is 5.96. The molecule has 0 amide bonds. The van der Waals surface area contributed by atoms with E-state index in [0.29, 0.717) is 10.8 Å². The SMILES string of the molecule is CCC(c1nc2c3cnn(C)c3ncn2n1)n1cc(Cl)cn1. The predicted molar refractivity (Wildman–Crippen MR) is 80.7 cm³/mol. The van der Waals surface area contributed by atoms with Crippen LogP contribution in [-0.2, 0) is 7.05 Å². The number of halogens is 1. The van der Waals surface area contributed by atoms with E-state index in [1.54, 1.807) is 38.8 Å². The first kappa shape index (κ1) is 13.2. The van der Waals surface area contributed by atoms with E-state index < -0.39 is 0 Å². The molecule has 0 aliphatic heterocycles. The monoisotopic (exact) mass is 316 g/mol. The summed E-state index contributed by atoms with van der Waals surface area (Å²) in [7, 11) is 1.85. The van der Waals surface area contributed by atoms with Gasteiger partial charge in [0.1, 0.15) is 12.4 Å². The lowest BCUT2D eigenvalue weighted by molar-refractivity contribution is 0.484. The number of aromatic nitrogens is 8. The van der Waals surface area contributed by atoms with Crippen LogP contribution in [0.1, 0.15) is 25.2 Å². The van der Waals surface area contributed by atoms with Crippen molar-refractivity contribution >= 4 is 28.3 Å². The van der Waals surface area contributed by atoms with E-state index in [4.69, 9.17) is 11.6 Å². The molecule has 0 aliphatic rings. The van der Waals surface area contributed by atoms with E-state index in [2.05, 4.69) is 32.2 Å². The summed E-state index contributed by atoms with van der Waals surface area (Å²) in [6.07, 6.45) is 7.60. The smallest absolute Gasteiger partial charge is 0.176 e. The standard InChI is InChI=1S/C13H13ClN8/c1-3-10(21-6-8(14)4-17-21)11-18-13-9-5-16-20(2)12(9)15-7-22(13)19-11/h4-7,10H,3H2,1-2H3. The van der Waals surface area contributed by atoms with Gasteiger partial charge in [0.15, 0.2) is 17.1 Å². The van der Waals surface area contributed by atoms with Crippen LogP contribution in [0.4, 0.5) is 0 Å². The molecule has 0 bridgehead atoms. The minimum atomic E-state index is -0.0703. The van der Waals surface area contributed by atoms with Crippen molar-refractivity contribution in [1.29, 1.82) is 0 Å². The third-order valence-corrected chi connectivity index (χ3v) is 3.85. The molecule has 0 spiro atoms. The Morgan fingerprint density at radius 2 is 2.09 bits per heavy atom. The highest BCUT2D eigenvalue weighted by molar-refractivity contribution is 6.30. The number of fused-ring (bicyclic) bond motifs is 3. The second-order valence-electron chi connectivity index (χ2n) is 5.05. The van der Waals surface area contributed by atoms with Crippen LogP contribution < -0.4 is 0 Å². The summed E-state index contributed by atoms with van der Waals surface area (Å²) in [5.41, 5.74) is 1.52. The molecule has 1 atom stereocenters. The zero-order valence-electron chi connectivity index (χ0n) is 12.0. The van der Waals surface area contributed by atoms with Gasteiger partial charge in [0.05, 0.1) is 22.8 Å². The highest BCUT2D eigenvalue weighted by Gasteiger charge is 2.20. The van der Waals surface area contributed by atoms with Gasteiger partial charge in [0.25, 0.3) is 0 Å². The van der Waals surface area contributed by atoms with Crippen LogP contribution in [0.2, 0.25) is 5.02 Å². The van der Waals surface area contributed by atoms with E-state index in [1.165, 1.54) is 0 Å². The summed E-state index contributed by atoms with van der Waals surface area (Å²) in [5.74, 6) is 0.681. The minimum absolute atomic E-state index is 0.0703. The van der Waals surface area contributed by atoms with Gasteiger partial charge in [-0.2, -0.15) is 10.2 Å². The highest BCUT2D eigenvalue weighted by atomic mass is 35.5. The molecular formula is C13H13ClN8. The normalized spacial score (nSPS) is 13.2. The average Bonchev–Trinajstić information content (AvgIpc) is 3.19. The number of hydrogen-bond donors (Lipinski definition) is 0. The van der Waals surface area contributed by atoms with Crippen LogP contribution in [0.3, 0.4) is 0 Å². The quantitative estimate of drug-likeness (QED) is 0.576. The number of hydrogen-bond acceptors (Lipinski definition) is 5. The zero-order chi connectivity index (χ0) is 15.3. The molecule has 0 N–H and O–H groups in total. The van der Waals surface area contributed by atoms with Crippen molar-refractivity contribution in [2.45, 2.75) is 19.4 Å². The molecular weight excluding hydrogens is 304 g/mol. The zero-order valence-corrected chi connectivity index (χ0v) is 12.8. The summed E-state index contributed by atoms with van der Waals surface area (Å²) in [5, 5.41) is 14.5. The predicted octanol–water partition coefficient (Wildman–Crippen LogP) is 1.86. The van der Waals surface area contributed by atoms with Crippen LogP contribution in [0.15, 0.2) is 24.9 Å². The first-order valence-corrected chi connectivity index (χ1v) is 7.28. The van der Waals surface area contributed by atoms with E-state index in [9.17, 15) is 0 Å². The Balaban J connectivity index is 1.89. The van der Waals surface area contributed by atoms with E-state index in [-0.39, 0.29) is 6.04 Å². The van der Waals surface area contributed by atoms with Gasteiger partial charge in [-0.15, -0.1) is 5.10 Å². The first-order chi connectivity index (χ1) is 10.7. The Bertz CT molecular complexity index is 965. The third-order valence-electron chi connectivity index (χ3n) is 3.66. The van der Waals surface area contributed by atoms with E-state index in [1.807, 2.05) is 7.05 Å². The topological polar surface area (TPSA) is 78.7 Å². The lowest BCUT2D eigenvalue weighted by Gasteiger charge is -2.10. The van der Waals surface area contributed by atoms with Crippen molar-refractivity contribution < 1.29 is 0 Å². The number of nitrogens with zero attached hydrogens (tertiary/aromatic N) is 8. The minimum Gasteiger partial charge on any atom is -0.260 e. The lowest BCUT2D eigenvalue weighted by Crippen LogP contribution is -2.12. The number of aryl methyl sites for hydroxylation is 1. The van der Waals surface area contributed by atoms with Gasteiger partial charge in [-0.3, -0.25) is 9.36 Å². The molecule has 4 aromatic heterocycles. The molecule has 8 nitrogen and oxygen atoms in total. The maximum Gasteiger partial charge on any atom is 0.176 e. The van der Waals surface area contributed by atoms with Crippen LogP contribution in [-0.4, -0.2) is 39.1 Å². The van der Waals surface area contributed by atoms with Gasteiger partial charge < -0.3 is 0 Å². The van der Waals surface area contributed by atoms with E-state index >= 15 is 0 Å². The fourth-order valence-electron chi connectivity index (χ4n) is 2.57. The molecule has 9 heteroatoms. The molecule has 4 rings (SSSR count). The molecule has 0 radical (unpaired) electrons. The van der Waals surface area contributed by atoms with Gasteiger partial charge >= 0.3 is 0 Å². The summed E-state index contributed by atoms with van der Waals surface area (Å²) >= 11 is 5.96. The molecule has 0 fully saturated rings. The molecule has 0 aliphatic carbocycles. The van der Waals surface area contributed by atoms with Gasteiger partial charge in [-0.25, -0.2) is 14.5 Å². The Hall–Kier alpha value is -2.48. The summed E-state index contributed by atoms with van der Waals surface area (Å²) < 4.78 is 5.17. The average molecular weight is 317 g/mol. The van der Waals surface area contributed by atoms with Gasteiger partial charge in [0, 0.05) is 13.2 Å². The third kappa shape index (κ3) is 1.87. The van der Waals surface area contributed by atoms with Gasteiger partial charge in [-0.05, 0) is 6.42 Å². The molecule has 0 saturated carbocycles. The van der Waals surface area contributed by atoms with Crippen LogP contribution in [0.25, 0.3) is 16.7 Å². The molecule has 4 heterocycles. The van der Waals surface area contributed by atoms with Crippen molar-refractivity contribution in [2.24, 2.45) is 7.05 Å². The Morgan fingerprint density at radius 3 is 2.82 bits per heavy atom. The molecule has 0 saturated heterocycles. The summed E-state index contributed by atoms with van der Waals surface area (Å²) in [6.45, 7) is 2.06. The largest absolute Gasteiger partial charge is 0.260 e. The molecule has 112 valence electrons. The Morgan fingerprint density at radius 1 is 1.23 bits per heavy atom. The molecule has 1 unspecified atom stereocenters. The Labute approximate surface area is 130 Å². The maximum atomic E-state index is 5.96. The van der Waals surface area contributed by atoms with Crippen molar-refractivity contribution in [2.75, 3.05) is 0 Å². The van der Waals surface area contributed by atoms with Crippen molar-refractivity contribution in [1.82, 2.24) is 39.1 Å². The molecule has 0 aromatic carbocycles. The van der Waals surface area contributed by atoms with Crippen molar-refractivity contribution in [3.8, 4) is 0 Å². The van der Waals surface area contributed by atoms with Crippen molar-refractivity contribution in [3.05, 3.63) is 35.8 Å². The summed E-state index contributed by atoms with van der Waals surface area (Å²) in [6, 6.07) is -0.0703. The van der Waals surface area contributed by atoms with Gasteiger partial charge in [0.2, 0.25) is 0 Å². The van der Waals surface area contributed by atoms with E-state index in [0.717, 1.165) is 23.1 Å². The second kappa shape index (κ2) is 4.77. The van der Waals surface area contributed by atoms with Gasteiger partial charge in [-0.1, -0.05) is 18.5 Å². The lowest BCUT2D eigenvalue weighted by atomic mass is 10.2. The Kier molecular flexibility index (Phi) is 2.86. The second-order valence-corrected chi connectivity index (χ2v) is 5.49.